The van der Waals surface area contributed by atoms with Crippen molar-refractivity contribution in [1.82, 2.24) is 5.32 Å². The largest absolute Gasteiger partial charge is 0.479 e. The number of β-amino-alcohol motifs (C(OH)–C–C–N with tert-alkyl or cyclic N) is 1. The molecule has 0 spiro atoms. The lowest BCUT2D eigenvalue weighted by Crippen LogP contribution is -2.51. The molecule has 0 aliphatic carbocycles. The fourth-order valence-corrected chi connectivity index (χ4v) is 1.41. The molecule has 0 aromatic carbocycles. The van der Waals surface area contributed by atoms with Crippen LogP contribution in [0.15, 0.2) is 0 Å². The van der Waals surface area contributed by atoms with Gasteiger partial charge in [0, 0.05) is 25.6 Å². The lowest BCUT2D eigenvalue weighted by atomic mass is 9.95. The number of aliphatic carboxylic acids is 2. The van der Waals surface area contributed by atoms with Crippen molar-refractivity contribution in [3.63, 3.8) is 0 Å². The van der Waals surface area contributed by atoms with E-state index in [1.807, 2.05) is 0 Å². The van der Waals surface area contributed by atoms with Gasteiger partial charge in [-0.25, -0.2) is 9.59 Å². The number of carbonyl (C=O) groups is 2. The van der Waals surface area contributed by atoms with Gasteiger partial charge in [-0.1, -0.05) is 0 Å². The SMILES string of the molecule is O=C(O)[C@@H](O)[C@H](O)C(=O)O.OC[C@H]1CNC[C@@H](O)[C@@H]1O. The summed E-state index contributed by atoms with van der Waals surface area (Å²) in [6, 6.07) is 0. The van der Waals surface area contributed by atoms with E-state index in [4.69, 9.17) is 30.6 Å². The summed E-state index contributed by atoms with van der Waals surface area (Å²) in [5.74, 6) is -3.76. The normalized spacial score (nSPS) is 28.8. The fraction of sp³-hybridized carbons (Fsp3) is 0.800. The smallest absolute Gasteiger partial charge is 0.335 e. The number of carboxylic acids is 2. The molecule has 118 valence electrons. The van der Waals surface area contributed by atoms with Crippen LogP contribution >= 0.6 is 0 Å². The molecule has 1 aliphatic rings. The van der Waals surface area contributed by atoms with E-state index in [1.165, 1.54) is 0 Å². The maximum atomic E-state index is 9.77. The molecular weight excluding hydrogens is 278 g/mol. The van der Waals surface area contributed by atoms with Crippen LogP contribution in [0.5, 0.6) is 0 Å². The first-order valence-corrected chi connectivity index (χ1v) is 5.71. The molecule has 0 unspecified atom stereocenters. The first kappa shape index (κ1) is 18.7. The molecule has 1 rings (SSSR count). The highest BCUT2D eigenvalue weighted by molar-refractivity contribution is 5.83. The van der Waals surface area contributed by atoms with Crippen molar-refractivity contribution in [2.45, 2.75) is 24.4 Å². The highest BCUT2D eigenvalue weighted by atomic mass is 16.4. The molecule has 10 heteroatoms. The first-order valence-electron chi connectivity index (χ1n) is 5.71. The van der Waals surface area contributed by atoms with Gasteiger partial charge in [0.2, 0.25) is 0 Å². The van der Waals surface area contributed by atoms with Gasteiger partial charge in [0.1, 0.15) is 0 Å². The highest BCUT2D eigenvalue weighted by Crippen LogP contribution is 2.10. The van der Waals surface area contributed by atoms with Gasteiger partial charge in [-0.3, -0.25) is 0 Å². The number of aliphatic hydroxyl groups excluding tert-OH is 5. The zero-order chi connectivity index (χ0) is 15.9. The van der Waals surface area contributed by atoms with Crippen LogP contribution in [-0.2, 0) is 9.59 Å². The van der Waals surface area contributed by atoms with Gasteiger partial charge in [-0.2, -0.15) is 0 Å². The quantitative estimate of drug-likeness (QED) is 0.252. The van der Waals surface area contributed by atoms with Crippen molar-refractivity contribution in [1.29, 1.82) is 0 Å². The van der Waals surface area contributed by atoms with Crippen LogP contribution in [0.3, 0.4) is 0 Å². The second-order valence-electron chi connectivity index (χ2n) is 4.22. The number of hydrogen-bond donors (Lipinski definition) is 8. The van der Waals surface area contributed by atoms with Gasteiger partial charge in [0.25, 0.3) is 0 Å². The number of aliphatic hydroxyl groups is 5. The van der Waals surface area contributed by atoms with Crippen molar-refractivity contribution < 1.29 is 45.3 Å². The number of hydrogen-bond acceptors (Lipinski definition) is 8. The molecule has 0 amide bonds. The molecule has 8 N–H and O–H groups in total. The Morgan fingerprint density at radius 3 is 1.80 bits per heavy atom. The Labute approximate surface area is 113 Å². The summed E-state index contributed by atoms with van der Waals surface area (Å²) in [4.78, 5) is 19.5. The molecule has 5 atom stereocenters. The minimum Gasteiger partial charge on any atom is -0.479 e. The summed E-state index contributed by atoms with van der Waals surface area (Å²) in [5.41, 5.74) is 0. The molecule has 0 aromatic heterocycles. The number of piperidine rings is 1. The summed E-state index contributed by atoms with van der Waals surface area (Å²) in [6.07, 6.45) is -6.04. The summed E-state index contributed by atoms with van der Waals surface area (Å²) in [6.45, 7) is 0.914. The topological polar surface area (TPSA) is 188 Å². The Bertz CT molecular complexity index is 306. The summed E-state index contributed by atoms with van der Waals surface area (Å²) >= 11 is 0. The lowest BCUT2D eigenvalue weighted by molar-refractivity contribution is -0.165. The number of nitrogens with one attached hydrogen (secondary N) is 1. The fourth-order valence-electron chi connectivity index (χ4n) is 1.41. The van der Waals surface area contributed by atoms with E-state index in [-0.39, 0.29) is 12.5 Å². The second kappa shape index (κ2) is 8.79. The van der Waals surface area contributed by atoms with Crippen molar-refractivity contribution >= 4 is 11.9 Å². The third-order valence-corrected chi connectivity index (χ3v) is 2.68. The van der Waals surface area contributed by atoms with E-state index < -0.39 is 36.4 Å². The average Bonchev–Trinajstić information content (AvgIpc) is 2.40. The predicted octanol–water partition coefficient (Wildman–Crippen LogP) is -4.20. The second-order valence-corrected chi connectivity index (χ2v) is 4.22. The molecule has 20 heavy (non-hydrogen) atoms. The third kappa shape index (κ3) is 5.77. The van der Waals surface area contributed by atoms with Crippen molar-refractivity contribution in [3.05, 3.63) is 0 Å². The van der Waals surface area contributed by atoms with Gasteiger partial charge in [0.15, 0.2) is 12.2 Å². The van der Waals surface area contributed by atoms with Crippen molar-refractivity contribution in [2.75, 3.05) is 19.7 Å². The van der Waals surface area contributed by atoms with Gasteiger partial charge < -0.3 is 41.1 Å². The first-order chi connectivity index (χ1) is 9.22. The van der Waals surface area contributed by atoms with Gasteiger partial charge in [-0.15, -0.1) is 0 Å². The molecule has 1 fully saturated rings. The molecule has 0 aromatic rings. The Morgan fingerprint density at radius 2 is 1.50 bits per heavy atom. The van der Waals surface area contributed by atoms with Crippen molar-refractivity contribution in [2.24, 2.45) is 5.92 Å². The van der Waals surface area contributed by atoms with Crippen molar-refractivity contribution in [3.8, 4) is 0 Å². The van der Waals surface area contributed by atoms with Crippen LogP contribution in [0.25, 0.3) is 0 Å². The summed E-state index contributed by atoms with van der Waals surface area (Å²) in [5, 5.41) is 62.3. The summed E-state index contributed by atoms with van der Waals surface area (Å²) < 4.78 is 0. The molecule has 1 saturated heterocycles. The van der Waals surface area contributed by atoms with Crippen LogP contribution in [0.1, 0.15) is 0 Å². The van der Waals surface area contributed by atoms with Gasteiger partial charge >= 0.3 is 11.9 Å². The number of carboxylic acid groups (broad SMARTS) is 2. The molecule has 1 heterocycles. The van der Waals surface area contributed by atoms with Gasteiger partial charge in [0.05, 0.1) is 12.2 Å². The molecule has 0 bridgehead atoms. The van der Waals surface area contributed by atoms with E-state index in [2.05, 4.69) is 5.32 Å². The molecule has 10 nitrogen and oxygen atoms in total. The standard InChI is InChI=1S/C6H13NO3.C4H6O6/c8-3-4-1-7-2-5(9)6(4)10;5-1(3(7)8)2(6)4(9)10/h4-10H,1-3H2;1-2,5-6H,(H,7,8)(H,9,10)/t4-,5-,6-;1-,2-/m10/s1. The van der Waals surface area contributed by atoms with Crippen LogP contribution in [-0.4, -0.2) is 91.8 Å². The minimum absolute atomic E-state index is 0.0781. The van der Waals surface area contributed by atoms with E-state index >= 15 is 0 Å². The van der Waals surface area contributed by atoms with E-state index in [0.717, 1.165) is 0 Å². The van der Waals surface area contributed by atoms with E-state index in [1.54, 1.807) is 0 Å². The Kier molecular flexibility index (Phi) is 8.22. The van der Waals surface area contributed by atoms with Gasteiger partial charge in [-0.05, 0) is 0 Å². The van der Waals surface area contributed by atoms with Crippen LogP contribution in [0.4, 0.5) is 0 Å². The maximum Gasteiger partial charge on any atom is 0.335 e. The molecule has 0 saturated carbocycles. The van der Waals surface area contributed by atoms with E-state index in [0.29, 0.717) is 13.1 Å². The Balaban J connectivity index is 0.000000361. The zero-order valence-corrected chi connectivity index (χ0v) is 10.5. The zero-order valence-electron chi connectivity index (χ0n) is 10.5. The average molecular weight is 297 g/mol. The van der Waals surface area contributed by atoms with Crippen LogP contribution < -0.4 is 5.32 Å². The predicted molar refractivity (Wildman–Crippen MR) is 62.7 cm³/mol. The summed E-state index contributed by atoms with van der Waals surface area (Å²) in [7, 11) is 0. The Hall–Kier alpha value is -1.30. The van der Waals surface area contributed by atoms with E-state index in [9.17, 15) is 14.7 Å². The monoisotopic (exact) mass is 297 g/mol. The molecular formula is C10H19NO9. The number of rotatable bonds is 4. The maximum absolute atomic E-state index is 9.77. The van der Waals surface area contributed by atoms with Crippen LogP contribution in [0, 0.1) is 5.92 Å². The highest BCUT2D eigenvalue weighted by Gasteiger charge is 2.30. The molecule has 0 radical (unpaired) electrons. The minimum atomic E-state index is -2.27. The molecule has 1 aliphatic heterocycles. The third-order valence-electron chi connectivity index (χ3n) is 2.68. The van der Waals surface area contributed by atoms with Crippen LogP contribution in [0.2, 0.25) is 0 Å². The Morgan fingerprint density at radius 1 is 1.05 bits per heavy atom. The lowest BCUT2D eigenvalue weighted by Gasteiger charge is -2.30.